The van der Waals surface area contributed by atoms with E-state index in [1.807, 2.05) is 0 Å². The Labute approximate surface area is 109 Å². The third-order valence-corrected chi connectivity index (χ3v) is 4.18. The van der Waals surface area contributed by atoms with Crippen molar-refractivity contribution in [2.45, 2.75) is 38.6 Å². The first-order valence-electron chi connectivity index (χ1n) is 7.32. The molecule has 1 aromatic heterocycles. The lowest BCUT2D eigenvalue weighted by Gasteiger charge is -2.21. The summed E-state index contributed by atoms with van der Waals surface area (Å²) >= 11 is 0. The second-order valence-corrected chi connectivity index (χ2v) is 5.55. The summed E-state index contributed by atoms with van der Waals surface area (Å²) in [6, 6.07) is 8.65. The summed E-state index contributed by atoms with van der Waals surface area (Å²) in [5.74, 6) is 0. The standard InChI is InChI=1S/C16H22N2/c1-2-6-10-18(11-7-3-1)13-14-12-17-16-9-5-4-8-15(14)16/h4-5,8-9,12,17H,1-3,6-7,10-11,13H2/p+1. The van der Waals surface area contributed by atoms with Crippen molar-refractivity contribution >= 4 is 10.9 Å². The van der Waals surface area contributed by atoms with E-state index >= 15 is 0 Å². The van der Waals surface area contributed by atoms with Crippen molar-refractivity contribution in [1.29, 1.82) is 0 Å². The zero-order chi connectivity index (χ0) is 12.2. The molecule has 0 aliphatic carbocycles. The summed E-state index contributed by atoms with van der Waals surface area (Å²) in [6.07, 6.45) is 9.31. The fourth-order valence-electron chi connectivity index (χ4n) is 3.13. The van der Waals surface area contributed by atoms with E-state index in [4.69, 9.17) is 0 Å². The average Bonchev–Trinajstić information content (AvgIpc) is 2.76. The van der Waals surface area contributed by atoms with Crippen molar-refractivity contribution in [3.05, 3.63) is 36.0 Å². The molecule has 2 heterocycles. The highest BCUT2D eigenvalue weighted by Gasteiger charge is 2.14. The summed E-state index contributed by atoms with van der Waals surface area (Å²) in [7, 11) is 0. The summed E-state index contributed by atoms with van der Waals surface area (Å²) in [6.45, 7) is 3.88. The minimum atomic E-state index is 1.18. The molecule has 0 bridgehead atoms. The van der Waals surface area contributed by atoms with Crippen LogP contribution < -0.4 is 4.90 Å². The molecule has 0 saturated carbocycles. The number of fused-ring (bicyclic) bond motifs is 1. The van der Waals surface area contributed by atoms with Crippen LogP contribution in [0.3, 0.4) is 0 Å². The Hall–Kier alpha value is -1.28. The Balaban J connectivity index is 1.74. The van der Waals surface area contributed by atoms with Crippen LogP contribution in [0.4, 0.5) is 0 Å². The second kappa shape index (κ2) is 5.57. The van der Waals surface area contributed by atoms with Gasteiger partial charge < -0.3 is 9.88 Å². The van der Waals surface area contributed by atoms with Crippen LogP contribution in [0.1, 0.15) is 37.7 Å². The molecular formula is C16H23N2+. The van der Waals surface area contributed by atoms with Crippen molar-refractivity contribution < 1.29 is 4.90 Å². The minimum absolute atomic E-state index is 1.18. The number of rotatable bonds is 2. The maximum Gasteiger partial charge on any atom is 0.105 e. The summed E-state index contributed by atoms with van der Waals surface area (Å²) in [5.41, 5.74) is 2.76. The molecule has 0 spiro atoms. The van der Waals surface area contributed by atoms with E-state index in [0.29, 0.717) is 0 Å². The van der Waals surface area contributed by atoms with Gasteiger partial charge in [0.05, 0.1) is 13.1 Å². The van der Waals surface area contributed by atoms with E-state index in [-0.39, 0.29) is 0 Å². The third-order valence-electron chi connectivity index (χ3n) is 4.18. The van der Waals surface area contributed by atoms with Crippen LogP contribution in [0.25, 0.3) is 10.9 Å². The molecule has 2 aromatic rings. The second-order valence-electron chi connectivity index (χ2n) is 5.55. The van der Waals surface area contributed by atoms with Gasteiger partial charge in [0.1, 0.15) is 6.54 Å². The number of aromatic amines is 1. The summed E-state index contributed by atoms with van der Waals surface area (Å²) < 4.78 is 0. The van der Waals surface area contributed by atoms with E-state index in [1.165, 1.54) is 68.2 Å². The number of hydrogen-bond donors (Lipinski definition) is 2. The topological polar surface area (TPSA) is 20.2 Å². The molecule has 1 aliphatic rings. The number of aromatic nitrogens is 1. The lowest BCUT2D eigenvalue weighted by molar-refractivity contribution is -0.914. The van der Waals surface area contributed by atoms with Gasteiger partial charge in [0.15, 0.2) is 0 Å². The van der Waals surface area contributed by atoms with E-state index in [9.17, 15) is 0 Å². The van der Waals surface area contributed by atoms with Crippen molar-refractivity contribution in [3.63, 3.8) is 0 Å². The van der Waals surface area contributed by atoms with Gasteiger partial charge in [-0.2, -0.15) is 0 Å². The molecule has 1 aromatic carbocycles. The van der Waals surface area contributed by atoms with Crippen molar-refractivity contribution in [1.82, 2.24) is 4.98 Å². The highest BCUT2D eigenvalue weighted by molar-refractivity contribution is 5.82. The molecule has 1 fully saturated rings. The normalized spacial score (nSPS) is 18.7. The number of H-pyrrole nitrogens is 1. The van der Waals surface area contributed by atoms with Gasteiger partial charge in [-0.3, -0.25) is 0 Å². The van der Waals surface area contributed by atoms with E-state index in [2.05, 4.69) is 35.4 Å². The van der Waals surface area contributed by atoms with E-state index in [0.717, 1.165) is 0 Å². The van der Waals surface area contributed by atoms with Crippen LogP contribution in [0.2, 0.25) is 0 Å². The zero-order valence-electron chi connectivity index (χ0n) is 11.0. The number of para-hydroxylation sites is 1. The Morgan fingerprint density at radius 2 is 1.67 bits per heavy atom. The summed E-state index contributed by atoms with van der Waals surface area (Å²) in [4.78, 5) is 5.16. The van der Waals surface area contributed by atoms with Crippen LogP contribution in [0, 0.1) is 0 Å². The maximum absolute atomic E-state index is 3.39. The van der Waals surface area contributed by atoms with Gasteiger partial charge >= 0.3 is 0 Å². The molecule has 2 nitrogen and oxygen atoms in total. The Kier molecular flexibility index (Phi) is 3.65. The maximum atomic E-state index is 3.39. The fourth-order valence-corrected chi connectivity index (χ4v) is 3.13. The monoisotopic (exact) mass is 243 g/mol. The fraction of sp³-hybridized carbons (Fsp3) is 0.500. The molecule has 0 atom stereocenters. The van der Waals surface area contributed by atoms with Gasteiger partial charge in [-0.1, -0.05) is 24.6 Å². The van der Waals surface area contributed by atoms with Crippen LogP contribution in [-0.2, 0) is 6.54 Å². The third kappa shape index (κ3) is 2.59. The van der Waals surface area contributed by atoms with Crippen LogP contribution >= 0.6 is 0 Å². The van der Waals surface area contributed by atoms with Gasteiger partial charge in [0, 0.05) is 22.7 Å². The molecule has 0 amide bonds. The van der Waals surface area contributed by atoms with Crippen molar-refractivity contribution in [2.75, 3.05) is 13.1 Å². The minimum Gasteiger partial charge on any atom is -0.361 e. The Morgan fingerprint density at radius 1 is 0.944 bits per heavy atom. The lowest BCUT2D eigenvalue weighted by atomic mass is 10.1. The average molecular weight is 243 g/mol. The quantitative estimate of drug-likeness (QED) is 0.808. The SMILES string of the molecule is c1ccc2c(C[NH+]3CCCCCCC3)c[nH]c2c1. The summed E-state index contributed by atoms with van der Waals surface area (Å²) in [5, 5.41) is 1.41. The van der Waals surface area contributed by atoms with E-state index in [1.54, 1.807) is 4.90 Å². The van der Waals surface area contributed by atoms with Crippen LogP contribution in [0.15, 0.2) is 30.5 Å². The molecule has 96 valence electrons. The predicted octanol–water partition coefficient (Wildman–Crippen LogP) is 2.52. The molecular weight excluding hydrogens is 220 g/mol. The molecule has 18 heavy (non-hydrogen) atoms. The predicted molar refractivity (Wildman–Crippen MR) is 75.8 cm³/mol. The molecule has 1 saturated heterocycles. The number of benzene rings is 1. The van der Waals surface area contributed by atoms with Crippen molar-refractivity contribution in [3.8, 4) is 0 Å². The zero-order valence-corrected chi connectivity index (χ0v) is 11.0. The molecule has 3 rings (SSSR count). The van der Waals surface area contributed by atoms with Gasteiger partial charge in [-0.05, 0) is 31.7 Å². The first kappa shape index (κ1) is 11.8. The smallest absolute Gasteiger partial charge is 0.105 e. The molecule has 2 heteroatoms. The molecule has 0 unspecified atom stereocenters. The van der Waals surface area contributed by atoms with Crippen LogP contribution in [0.5, 0.6) is 0 Å². The molecule has 0 radical (unpaired) electrons. The van der Waals surface area contributed by atoms with Crippen molar-refractivity contribution in [2.24, 2.45) is 0 Å². The van der Waals surface area contributed by atoms with Gasteiger partial charge in [0.2, 0.25) is 0 Å². The Bertz CT molecular complexity index is 493. The Morgan fingerprint density at radius 3 is 2.50 bits per heavy atom. The molecule has 1 aliphatic heterocycles. The van der Waals surface area contributed by atoms with Crippen LogP contribution in [-0.4, -0.2) is 18.1 Å². The first-order valence-corrected chi connectivity index (χ1v) is 7.32. The molecule has 2 N–H and O–H groups in total. The highest BCUT2D eigenvalue weighted by atomic mass is 15.1. The van der Waals surface area contributed by atoms with Gasteiger partial charge in [-0.25, -0.2) is 0 Å². The number of likely N-dealkylation sites (tertiary alicyclic amines) is 1. The van der Waals surface area contributed by atoms with Gasteiger partial charge in [0.25, 0.3) is 0 Å². The van der Waals surface area contributed by atoms with Gasteiger partial charge in [-0.15, -0.1) is 0 Å². The number of quaternary nitrogens is 1. The van der Waals surface area contributed by atoms with E-state index < -0.39 is 0 Å². The first-order chi connectivity index (χ1) is 8.93. The largest absolute Gasteiger partial charge is 0.361 e. The highest BCUT2D eigenvalue weighted by Crippen LogP contribution is 2.16. The lowest BCUT2D eigenvalue weighted by Crippen LogP contribution is -3.10. The number of nitrogens with one attached hydrogen (secondary N) is 2. The number of hydrogen-bond acceptors (Lipinski definition) is 0.